The van der Waals surface area contributed by atoms with Crippen LogP contribution in [0.15, 0.2) is 0 Å². The fourth-order valence-electron chi connectivity index (χ4n) is 2.51. The molecule has 2 rings (SSSR count). The summed E-state index contributed by atoms with van der Waals surface area (Å²) in [5.41, 5.74) is 5.87. The number of nitrogens with two attached hydrogens (primary N) is 1. The third kappa shape index (κ3) is 1.50. The fourth-order valence-corrected chi connectivity index (χ4v) is 2.51. The minimum absolute atomic E-state index is 0.498. The molecule has 0 bridgehead atoms. The van der Waals surface area contributed by atoms with Gasteiger partial charge in [0, 0.05) is 24.7 Å². The smallest absolute Gasteiger partial charge is 0.00992 e. The Bertz CT molecular complexity index is 150. The van der Waals surface area contributed by atoms with Crippen molar-refractivity contribution < 1.29 is 0 Å². The van der Waals surface area contributed by atoms with Gasteiger partial charge in [-0.3, -0.25) is 4.90 Å². The van der Waals surface area contributed by atoms with Crippen molar-refractivity contribution >= 4 is 0 Å². The Balaban J connectivity index is 1.81. The van der Waals surface area contributed by atoms with Crippen molar-refractivity contribution in [2.45, 2.75) is 57.2 Å². The minimum Gasteiger partial charge on any atom is -0.328 e. The molecule has 12 heavy (non-hydrogen) atoms. The van der Waals surface area contributed by atoms with Crippen molar-refractivity contribution in [2.75, 3.05) is 6.54 Å². The topological polar surface area (TPSA) is 29.3 Å². The summed E-state index contributed by atoms with van der Waals surface area (Å²) in [6.07, 6.45) is 6.57. The molecule has 2 N–H and O–H groups in total. The standard InChI is InChI=1S/C10H20N2/c1-8-6-7-12(8)10-4-2-9(11)3-5-10/h8-10H,2-7,11H2,1H3. The molecule has 1 saturated heterocycles. The van der Waals surface area contributed by atoms with E-state index in [-0.39, 0.29) is 0 Å². The Labute approximate surface area is 75.1 Å². The summed E-state index contributed by atoms with van der Waals surface area (Å²) >= 11 is 0. The maximum Gasteiger partial charge on any atom is 0.00992 e. The van der Waals surface area contributed by atoms with Gasteiger partial charge in [0.1, 0.15) is 0 Å². The SMILES string of the molecule is CC1CCN1C1CCC(N)CC1. The lowest BCUT2D eigenvalue weighted by molar-refractivity contribution is 0.0319. The van der Waals surface area contributed by atoms with Crippen LogP contribution in [0.1, 0.15) is 39.0 Å². The molecule has 2 nitrogen and oxygen atoms in total. The van der Waals surface area contributed by atoms with E-state index >= 15 is 0 Å². The van der Waals surface area contributed by atoms with Crippen LogP contribution >= 0.6 is 0 Å². The largest absolute Gasteiger partial charge is 0.328 e. The number of hydrogen-bond acceptors (Lipinski definition) is 2. The zero-order valence-corrected chi connectivity index (χ0v) is 8.00. The maximum atomic E-state index is 5.87. The molecule has 70 valence electrons. The lowest BCUT2D eigenvalue weighted by atomic mass is 9.87. The van der Waals surface area contributed by atoms with Gasteiger partial charge >= 0.3 is 0 Å². The molecule has 0 radical (unpaired) electrons. The Morgan fingerprint density at radius 3 is 2.17 bits per heavy atom. The highest BCUT2D eigenvalue weighted by Crippen LogP contribution is 2.29. The van der Waals surface area contributed by atoms with Gasteiger partial charge in [0.05, 0.1) is 0 Å². The van der Waals surface area contributed by atoms with Crippen LogP contribution in [0.2, 0.25) is 0 Å². The van der Waals surface area contributed by atoms with Crippen LogP contribution in [0.25, 0.3) is 0 Å². The van der Waals surface area contributed by atoms with Gasteiger partial charge in [-0.2, -0.15) is 0 Å². The van der Waals surface area contributed by atoms with E-state index in [2.05, 4.69) is 11.8 Å². The molecule has 1 heterocycles. The number of rotatable bonds is 1. The van der Waals surface area contributed by atoms with E-state index in [0.717, 1.165) is 12.1 Å². The highest BCUT2D eigenvalue weighted by atomic mass is 15.2. The first-order valence-corrected chi connectivity index (χ1v) is 5.28. The lowest BCUT2D eigenvalue weighted by Gasteiger charge is -2.46. The molecule has 2 heteroatoms. The maximum absolute atomic E-state index is 5.87. The lowest BCUT2D eigenvalue weighted by Crippen LogP contribution is -2.53. The van der Waals surface area contributed by atoms with E-state index in [9.17, 15) is 0 Å². The molecular weight excluding hydrogens is 148 g/mol. The molecule has 1 saturated carbocycles. The molecule has 1 aliphatic heterocycles. The third-order valence-electron chi connectivity index (χ3n) is 3.58. The van der Waals surface area contributed by atoms with Gasteiger partial charge in [-0.25, -0.2) is 0 Å². The molecule has 2 aliphatic rings. The molecule has 2 fully saturated rings. The van der Waals surface area contributed by atoms with Crippen LogP contribution in [0.4, 0.5) is 0 Å². The van der Waals surface area contributed by atoms with E-state index < -0.39 is 0 Å². The van der Waals surface area contributed by atoms with Gasteiger partial charge in [0.15, 0.2) is 0 Å². The average molecular weight is 168 g/mol. The van der Waals surface area contributed by atoms with Crippen molar-refractivity contribution in [2.24, 2.45) is 5.73 Å². The predicted molar refractivity (Wildman–Crippen MR) is 51.0 cm³/mol. The summed E-state index contributed by atoms with van der Waals surface area (Å²) in [6, 6.07) is 2.22. The van der Waals surface area contributed by atoms with Gasteiger partial charge in [0.2, 0.25) is 0 Å². The van der Waals surface area contributed by atoms with Crippen molar-refractivity contribution in [3.63, 3.8) is 0 Å². The molecular formula is C10H20N2. The van der Waals surface area contributed by atoms with Gasteiger partial charge in [0.25, 0.3) is 0 Å². The first kappa shape index (κ1) is 8.52. The Morgan fingerprint density at radius 2 is 1.75 bits per heavy atom. The third-order valence-corrected chi connectivity index (χ3v) is 3.58. The highest BCUT2D eigenvalue weighted by Gasteiger charge is 2.32. The van der Waals surface area contributed by atoms with E-state index in [4.69, 9.17) is 5.73 Å². The molecule has 0 spiro atoms. The minimum atomic E-state index is 0.498. The summed E-state index contributed by atoms with van der Waals surface area (Å²) in [5.74, 6) is 0. The monoisotopic (exact) mass is 168 g/mol. The van der Waals surface area contributed by atoms with Gasteiger partial charge < -0.3 is 5.73 Å². The zero-order valence-electron chi connectivity index (χ0n) is 8.00. The van der Waals surface area contributed by atoms with Crippen molar-refractivity contribution in [1.29, 1.82) is 0 Å². The van der Waals surface area contributed by atoms with Crippen LogP contribution < -0.4 is 5.73 Å². The summed E-state index contributed by atoms with van der Waals surface area (Å²) in [5, 5.41) is 0. The fraction of sp³-hybridized carbons (Fsp3) is 1.00. The molecule has 0 aromatic carbocycles. The Hall–Kier alpha value is -0.0800. The highest BCUT2D eigenvalue weighted by molar-refractivity contribution is 4.88. The molecule has 1 aliphatic carbocycles. The number of likely N-dealkylation sites (tertiary alicyclic amines) is 1. The predicted octanol–water partition coefficient (Wildman–Crippen LogP) is 1.35. The van der Waals surface area contributed by atoms with Gasteiger partial charge in [-0.05, 0) is 39.0 Å². The van der Waals surface area contributed by atoms with E-state index in [1.165, 1.54) is 38.6 Å². The van der Waals surface area contributed by atoms with Crippen LogP contribution in [-0.2, 0) is 0 Å². The van der Waals surface area contributed by atoms with Crippen LogP contribution in [0, 0.1) is 0 Å². The van der Waals surface area contributed by atoms with Crippen LogP contribution in [-0.4, -0.2) is 29.6 Å². The van der Waals surface area contributed by atoms with Crippen molar-refractivity contribution in [3.05, 3.63) is 0 Å². The second-order valence-corrected chi connectivity index (χ2v) is 4.44. The Kier molecular flexibility index (Phi) is 2.37. The normalized spacial score (nSPS) is 44.0. The second-order valence-electron chi connectivity index (χ2n) is 4.44. The van der Waals surface area contributed by atoms with E-state index in [1.54, 1.807) is 0 Å². The van der Waals surface area contributed by atoms with E-state index in [1.807, 2.05) is 0 Å². The molecule has 0 aromatic rings. The van der Waals surface area contributed by atoms with Crippen molar-refractivity contribution in [3.8, 4) is 0 Å². The second kappa shape index (κ2) is 3.35. The number of hydrogen-bond donors (Lipinski definition) is 1. The first-order valence-electron chi connectivity index (χ1n) is 5.28. The number of nitrogens with zero attached hydrogens (tertiary/aromatic N) is 1. The van der Waals surface area contributed by atoms with Crippen molar-refractivity contribution in [1.82, 2.24) is 4.90 Å². The van der Waals surface area contributed by atoms with Crippen LogP contribution in [0.3, 0.4) is 0 Å². The summed E-state index contributed by atoms with van der Waals surface area (Å²) in [6.45, 7) is 3.68. The molecule has 0 aromatic heterocycles. The summed E-state index contributed by atoms with van der Waals surface area (Å²) < 4.78 is 0. The van der Waals surface area contributed by atoms with Crippen LogP contribution in [0.5, 0.6) is 0 Å². The van der Waals surface area contributed by atoms with Gasteiger partial charge in [-0.15, -0.1) is 0 Å². The Morgan fingerprint density at radius 1 is 1.08 bits per heavy atom. The quantitative estimate of drug-likeness (QED) is 0.640. The zero-order chi connectivity index (χ0) is 8.55. The van der Waals surface area contributed by atoms with E-state index in [0.29, 0.717) is 6.04 Å². The van der Waals surface area contributed by atoms with Gasteiger partial charge in [-0.1, -0.05) is 0 Å². The average Bonchev–Trinajstić information content (AvgIpc) is 2.06. The summed E-state index contributed by atoms with van der Waals surface area (Å²) in [4.78, 5) is 2.66. The molecule has 1 unspecified atom stereocenters. The molecule has 0 amide bonds. The first-order chi connectivity index (χ1) is 5.77. The summed E-state index contributed by atoms with van der Waals surface area (Å²) in [7, 11) is 0. The molecule has 1 atom stereocenters.